The Bertz CT molecular complexity index is 775. The third-order valence-electron chi connectivity index (χ3n) is 3.84. The molecule has 2 N–H and O–H groups in total. The highest BCUT2D eigenvalue weighted by Crippen LogP contribution is 2.17. The van der Waals surface area contributed by atoms with Gasteiger partial charge < -0.3 is 10.6 Å². The van der Waals surface area contributed by atoms with Crippen LogP contribution in [0.3, 0.4) is 0 Å². The highest BCUT2D eigenvalue weighted by molar-refractivity contribution is 7.98. The molecule has 2 aromatic rings. The molecule has 0 aliphatic rings. The van der Waals surface area contributed by atoms with Crippen molar-refractivity contribution in [3.63, 3.8) is 0 Å². The average molecular weight is 391 g/mol. The van der Waals surface area contributed by atoms with Gasteiger partial charge in [-0.05, 0) is 67.7 Å². The molecule has 0 radical (unpaired) electrons. The van der Waals surface area contributed by atoms with E-state index in [2.05, 4.69) is 10.6 Å². The number of carbonyl (C=O) groups excluding carboxylic acids is 2. The normalized spacial score (nSPS) is 11.7. The van der Waals surface area contributed by atoms with Gasteiger partial charge in [-0.1, -0.05) is 29.8 Å². The molecule has 0 fully saturated rings. The summed E-state index contributed by atoms with van der Waals surface area (Å²) in [5, 5.41) is 6.08. The third-order valence-corrected chi connectivity index (χ3v) is 4.81. The van der Waals surface area contributed by atoms with Gasteiger partial charge in [-0.3, -0.25) is 9.59 Å². The summed E-state index contributed by atoms with van der Waals surface area (Å²) >= 11 is 7.71. The van der Waals surface area contributed by atoms with Crippen molar-refractivity contribution in [2.75, 3.05) is 17.3 Å². The Morgan fingerprint density at radius 2 is 1.77 bits per heavy atom. The van der Waals surface area contributed by atoms with Crippen LogP contribution in [0.5, 0.6) is 0 Å². The SMILES string of the molecule is CSCC[C@H](NC(=O)c1ccccc1Cl)C(=O)Nc1cc(C)cc(C)c1. The number of aryl methyl sites for hydroxylation is 2. The Morgan fingerprint density at radius 1 is 1.12 bits per heavy atom. The molecule has 0 saturated heterocycles. The van der Waals surface area contributed by atoms with Crippen molar-refractivity contribution in [2.45, 2.75) is 26.3 Å². The molecule has 1 atom stereocenters. The van der Waals surface area contributed by atoms with E-state index in [1.807, 2.05) is 38.3 Å². The molecule has 4 nitrogen and oxygen atoms in total. The van der Waals surface area contributed by atoms with Crippen LogP contribution in [0.2, 0.25) is 5.02 Å². The van der Waals surface area contributed by atoms with Crippen LogP contribution >= 0.6 is 23.4 Å². The summed E-state index contributed by atoms with van der Waals surface area (Å²) in [4.78, 5) is 25.2. The molecular weight excluding hydrogens is 368 g/mol. The van der Waals surface area contributed by atoms with Crippen LogP contribution in [0.1, 0.15) is 27.9 Å². The molecule has 2 aromatic carbocycles. The summed E-state index contributed by atoms with van der Waals surface area (Å²) in [5.41, 5.74) is 3.23. The molecule has 0 saturated carbocycles. The lowest BCUT2D eigenvalue weighted by atomic mass is 10.1. The highest BCUT2D eigenvalue weighted by Gasteiger charge is 2.22. The van der Waals surface area contributed by atoms with E-state index in [1.54, 1.807) is 36.0 Å². The lowest BCUT2D eigenvalue weighted by Gasteiger charge is -2.19. The van der Waals surface area contributed by atoms with Crippen LogP contribution in [-0.2, 0) is 4.79 Å². The highest BCUT2D eigenvalue weighted by atomic mass is 35.5. The minimum Gasteiger partial charge on any atom is -0.340 e. The molecule has 0 aliphatic heterocycles. The number of benzene rings is 2. The average Bonchev–Trinajstić information content (AvgIpc) is 2.57. The maximum Gasteiger partial charge on any atom is 0.253 e. The first kappa shape index (κ1) is 20.3. The van der Waals surface area contributed by atoms with E-state index in [-0.39, 0.29) is 11.8 Å². The van der Waals surface area contributed by atoms with E-state index in [0.717, 1.165) is 22.6 Å². The van der Waals surface area contributed by atoms with Crippen LogP contribution in [0.4, 0.5) is 5.69 Å². The summed E-state index contributed by atoms with van der Waals surface area (Å²) in [6.45, 7) is 3.96. The van der Waals surface area contributed by atoms with E-state index in [4.69, 9.17) is 11.6 Å². The molecule has 0 aliphatic carbocycles. The van der Waals surface area contributed by atoms with Crippen LogP contribution in [0.15, 0.2) is 42.5 Å². The lowest BCUT2D eigenvalue weighted by molar-refractivity contribution is -0.118. The van der Waals surface area contributed by atoms with Crippen LogP contribution < -0.4 is 10.6 Å². The molecular formula is C20H23ClN2O2S. The zero-order chi connectivity index (χ0) is 19.1. The fraction of sp³-hybridized carbons (Fsp3) is 0.300. The second kappa shape index (κ2) is 9.64. The van der Waals surface area contributed by atoms with Crippen molar-refractivity contribution >= 4 is 40.9 Å². The van der Waals surface area contributed by atoms with Gasteiger partial charge in [0.05, 0.1) is 10.6 Å². The number of anilines is 1. The quantitative estimate of drug-likeness (QED) is 0.734. The Morgan fingerprint density at radius 3 is 2.38 bits per heavy atom. The predicted molar refractivity (Wildman–Crippen MR) is 110 cm³/mol. The van der Waals surface area contributed by atoms with Gasteiger partial charge in [0.2, 0.25) is 5.91 Å². The molecule has 138 valence electrons. The fourth-order valence-electron chi connectivity index (χ4n) is 2.66. The molecule has 6 heteroatoms. The number of carbonyl (C=O) groups is 2. The summed E-state index contributed by atoms with van der Waals surface area (Å²) < 4.78 is 0. The van der Waals surface area contributed by atoms with E-state index >= 15 is 0 Å². The molecule has 0 heterocycles. The summed E-state index contributed by atoms with van der Waals surface area (Å²) in [6.07, 6.45) is 2.50. The molecule has 0 spiro atoms. The number of hydrogen-bond acceptors (Lipinski definition) is 3. The van der Waals surface area contributed by atoms with E-state index in [0.29, 0.717) is 17.0 Å². The maximum atomic E-state index is 12.7. The van der Waals surface area contributed by atoms with E-state index in [9.17, 15) is 9.59 Å². The first-order valence-corrected chi connectivity index (χ1v) is 10.1. The standard InChI is InChI=1S/C20H23ClN2O2S/c1-13-10-14(2)12-15(11-13)22-20(25)18(8-9-26-3)23-19(24)16-6-4-5-7-17(16)21/h4-7,10-12,18H,8-9H2,1-3H3,(H,22,25)(H,23,24)/t18-/m0/s1. The van der Waals surface area contributed by atoms with Gasteiger partial charge in [-0.25, -0.2) is 0 Å². The van der Waals surface area contributed by atoms with Gasteiger partial charge in [0.1, 0.15) is 6.04 Å². The molecule has 2 amide bonds. The number of amides is 2. The fourth-order valence-corrected chi connectivity index (χ4v) is 3.36. The summed E-state index contributed by atoms with van der Waals surface area (Å²) in [6, 6.07) is 12.0. The Balaban J connectivity index is 2.13. The minimum atomic E-state index is -0.632. The number of rotatable bonds is 7. The minimum absolute atomic E-state index is 0.232. The monoisotopic (exact) mass is 390 g/mol. The van der Waals surface area contributed by atoms with Crippen LogP contribution in [0, 0.1) is 13.8 Å². The second-order valence-electron chi connectivity index (χ2n) is 6.15. The van der Waals surface area contributed by atoms with Crippen molar-refractivity contribution in [1.29, 1.82) is 0 Å². The van der Waals surface area contributed by atoms with Gasteiger partial charge in [0, 0.05) is 5.69 Å². The predicted octanol–water partition coefficient (Wildman–Crippen LogP) is 4.45. The van der Waals surface area contributed by atoms with Crippen molar-refractivity contribution in [3.05, 3.63) is 64.2 Å². The molecule has 0 aromatic heterocycles. The number of hydrogen-bond donors (Lipinski definition) is 2. The Hall–Kier alpha value is -1.98. The third kappa shape index (κ3) is 5.78. The van der Waals surface area contributed by atoms with E-state index < -0.39 is 6.04 Å². The lowest BCUT2D eigenvalue weighted by Crippen LogP contribution is -2.44. The first-order chi connectivity index (χ1) is 12.4. The zero-order valence-electron chi connectivity index (χ0n) is 15.1. The van der Waals surface area contributed by atoms with Crippen molar-refractivity contribution < 1.29 is 9.59 Å². The van der Waals surface area contributed by atoms with Crippen molar-refractivity contribution in [2.24, 2.45) is 0 Å². The Kier molecular flexibility index (Phi) is 7.54. The topological polar surface area (TPSA) is 58.2 Å². The molecule has 26 heavy (non-hydrogen) atoms. The molecule has 0 bridgehead atoms. The second-order valence-corrected chi connectivity index (χ2v) is 7.55. The van der Waals surface area contributed by atoms with Gasteiger partial charge in [0.25, 0.3) is 5.91 Å². The Labute approximate surface area is 163 Å². The van der Waals surface area contributed by atoms with Crippen LogP contribution in [-0.4, -0.2) is 29.9 Å². The summed E-state index contributed by atoms with van der Waals surface area (Å²) in [7, 11) is 0. The van der Waals surface area contributed by atoms with Crippen molar-refractivity contribution in [1.82, 2.24) is 5.32 Å². The largest absolute Gasteiger partial charge is 0.340 e. The van der Waals surface area contributed by atoms with Gasteiger partial charge in [0.15, 0.2) is 0 Å². The smallest absolute Gasteiger partial charge is 0.253 e. The molecule has 0 unspecified atom stereocenters. The number of halogens is 1. The van der Waals surface area contributed by atoms with Gasteiger partial charge >= 0.3 is 0 Å². The zero-order valence-corrected chi connectivity index (χ0v) is 16.7. The van der Waals surface area contributed by atoms with E-state index in [1.165, 1.54) is 0 Å². The number of nitrogens with one attached hydrogen (secondary N) is 2. The summed E-state index contributed by atoms with van der Waals surface area (Å²) in [5.74, 6) is 0.176. The number of thioether (sulfide) groups is 1. The maximum absolute atomic E-state index is 12.7. The van der Waals surface area contributed by atoms with Gasteiger partial charge in [-0.2, -0.15) is 11.8 Å². The first-order valence-electron chi connectivity index (χ1n) is 8.34. The van der Waals surface area contributed by atoms with Crippen molar-refractivity contribution in [3.8, 4) is 0 Å². The van der Waals surface area contributed by atoms with Crippen LogP contribution in [0.25, 0.3) is 0 Å². The molecule has 2 rings (SSSR count). The van der Waals surface area contributed by atoms with Gasteiger partial charge in [-0.15, -0.1) is 0 Å².